The number of nitrogens with one attached hydrogen (secondary N) is 1. The quantitative estimate of drug-likeness (QED) is 0.399. The van der Waals surface area contributed by atoms with Crippen LogP contribution in [-0.2, 0) is 4.79 Å². The lowest BCUT2D eigenvalue weighted by molar-refractivity contribution is -0.385. The Morgan fingerprint density at radius 3 is 2.74 bits per heavy atom. The first-order chi connectivity index (χ1) is 11.0. The average Bonchev–Trinajstić information content (AvgIpc) is 2.54. The van der Waals surface area contributed by atoms with Crippen molar-refractivity contribution in [3.05, 3.63) is 45.5 Å². The number of para-hydroxylation sites is 1. The predicted molar refractivity (Wildman–Crippen MR) is 86.2 cm³/mol. The van der Waals surface area contributed by atoms with Crippen LogP contribution in [0.3, 0.4) is 0 Å². The number of nitro benzene ring substituents is 1. The van der Waals surface area contributed by atoms with Crippen LogP contribution in [0.5, 0.6) is 0 Å². The molecular weight excluding hydrogens is 294 g/mol. The number of hydrogen-bond donors (Lipinski definition) is 1. The summed E-state index contributed by atoms with van der Waals surface area (Å²) in [5, 5.41) is 23.1. The topological polar surface area (TPSA) is 96.0 Å². The zero-order valence-electron chi connectivity index (χ0n) is 13.0. The Hall–Kier alpha value is -2.68. The first kappa shape index (κ1) is 16.7. The van der Waals surface area contributed by atoms with E-state index in [-0.39, 0.29) is 22.9 Å². The Balaban J connectivity index is 2.20. The molecule has 2 atom stereocenters. The molecule has 0 radical (unpaired) electrons. The molecule has 1 N–H and O–H groups in total. The van der Waals surface area contributed by atoms with Crippen molar-refractivity contribution in [3.8, 4) is 6.07 Å². The van der Waals surface area contributed by atoms with Crippen LogP contribution in [0.4, 0.5) is 5.69 Å². The molecule has 0 saturated heterocycles. The summed E-state index contributed by atoms with van der Waals surface area (Å²) in [5.41, 5.74) is 0.0112. The van der Waals surface area contributed by atoms with Gasteiger partial charge in [0, 0.05) is 12.1 Å². The molecular formula is C17H19N3O3. The summed E-state index contributed by atoms with van der Waals surface area (Å²) < 4.78 is 0. The fourth-order valence-electron chi connectivity index (χ4n) is 2.86. The van der Waals surface area contributed by atoms with Gasteiger partial charge in [0.2, 0.25) is 0 Å². The van der Waals surface area contributed by atoms with E-state index >= 15 is 0 Å². The number of hydrogen-bond acceptors (Lipinski definition) is 4. The van der Waals surface area contributed by atoms with Crippen molar-refractivity contribution in [1.29, 1.82) is 5.26 Å². The number of nitriles is 1. The van der Waals surface area contributed by atoms with Gasteiger partial charge in [-0.05, 0) is 30.9 Å². The van der Waals surface area contributed by atoms with E-state index in [0.29, 0.717) is 5.92 Å². The number of nitrogens with zero attached hydrogens (tertiary/aromatic N) is 2. The van der Waals surface area contributed by atoms with Crippen molar-refractivity contribution in [2.24, 2.45) is 5.92 Å². The van der Waals surface area contributed by atoms with Crippen LogP contribution in [0.25, 0.3) is 6.08 Å². The maximum Gasteiger partial charge on any atom is 0.276 e. The lowest BCUT2D eigenvalue weighted by Gasteiger charge is -2.29. The van der Waals surface area contributed by atoms with E-state index in [1.54, 1.807) is 12.1 Å². The van der Waals surface area contributed by atoms with Crippen molar-refractivity contribution >= 4 is 17.7 Å². The Labute approximate surface area is 135 Å². The molecule has 1 aromatic rings. The lowest BCUT2D eigenvalue weighted by atomic mass is 9.86. The standard InChI is InChI=1S/C17H19N3O3/c1-12-6-2-4-8-15(12)19-17(21)14(11-18)10-13-7-3-5-9-16(13)20(22)23/h3,5,7,9-10,12,15H,2,4,6,8H2,1H3,(H,19,21)/b14-10+/t12-,15+/m0/s1. The normalized spacial score (nSPS) is 21.3. The molecule has 0 aromatic heterocycles. The lowest BCUT2D eigenvalue weighted by Crippen LogP contribution is -2.41. The summed E-state index contributed by atoms with van der Waals surface area (Å²) in [6.07, 6.45) is 5.45. The summed E-state index contributed by atoms with van der Waals surface area (Å²) in [6, 6.07) is 7.95. The third-order valence-corrected chi connectivity index (χ3v) is 4.23. The molecule has 0 unspecified atom stereocenters. The van der Waals surface area contributed by atoms with E-state index in [9.17, 15) is 20.2 Å². The molecule has 1 aliphatic rings. The van der Waals surface area contributed by atoms with E-state index in [4.69, 9.17) is 0 Å². The Kier molecular flexibility index (Phi) is 5.47. The molecule has 1 aromatic carbocycles. The van der Waals surface area contributed by atoms with Crippen molar-refractivity contribution < 1.29 is 9.72 Å². The molecule has 1 fully saturated rings. The van der Waals surface area contributed by atoms with Gasteiger partial charge >= 0.3 is 0 Å². The van der Waals surface area contributed by atoms with Crippen molar-refractivity contribution in [2.75, 3.05) is 0 Å². The predicted octanol–water partition coefficient (Wildman–Crippen LogP) is 3.20. The van der Waals surface area contributed by atoms with E-state index in [0.717, 1.165) is 25.7 Å². The molecule has 1 saturated carbocycles. The van der Waals surface area contributed by atoms with Crippen LogP contribution in [-0.4, -0.2) is 16.9 Å². The molecule has 2 rings (SSSR count). The van der Waals surface area contributed by atoms with E-state index < -0.39 is 10.8 Å². The van der Waals surface area contributed by atoms with Crippen LogP contribution in [0.2, 0.25) is 0 Å². The van der Waals surface area contributed by atoms with Gasteiger partial charge in [0.05, 0.1) is 10.5 Å². The van der Waals surface area contributed by atoms with Gasteiger partial charge in [0.25, 0.3) is 11.6 Å². The minimum Gasteiger partial charge on any atom is -0.348 e. The van der Waals surface area contributed by atoms with E-state index in [1.807, 2.05) is 6.07 Å². The summed E-state index contributed by atoms with van der Waals surface area (Å²) >= 11 is 0. The zero-order valence-corrected chi connectivity index (χ0v) is 13.0. The number of carbonyl (C=O) groups excluding carboxylic acids is 1. The van der Waals surface area contributed by atoms with Crippen molar-refractivity contribution in [2.45, 2.75) is 38.6 Å². The summed E-state index contributed by atoms with van der Waals surface area (Å²) in [4.78, 5) is 22.8. The number of amides is 1. The third kappa shape index (κ3) is 4.16. The highest BCUT2D eigenvalue weighted by molar-refractivity contribution is 6.02. The van der Waals surface area contributed by atoms with Gasteiger partial charge in [0.15, 0.2) is 0 Å². The monoisotopic (exact) mass is 313 g/mol. The fraction of sp³-hybridized carbons (Fsp3) is 0.412. The van der Waals surface area contributed by atoms with Crippen LogP contribution < -0.4 is 5.32 Å². The molecule has 23 heavy (non-hydrogen) atoms. The Morgan fingerprint density at radius 2 is 2.09 bits per heavy atom. The minimum atomic E-state index is -0.526. The highest BCUT2D eigenvalue weighted by atomic mass is 16.6. The number of benzene rings is 1. The summed E-state index contributed by atoms with van der Waals surface area (Å²) in [7, 11) is 0. The van der Waals surface area contributed by atoms with Crippen molar-refractivity contribution in [3.63, 3.8) is 0 Å². The summed E-state index contributed by atoms with van der Waals surface area (Å²) in [6.45, 7) is 2.09. The molecule has 1 aliphatic carbocycles. The van der Waals surface area contributed by atoms with Gasteiger partial charge < -0.3 is 5.32 Å². The number of carbonyl (C=O) groups is 1. The minimum absolute atomic E-state index is 0.0544. The number of nitro groups is 1. The van der Waals surface area contributed by atoms with Gasteiger partial charge in [0.1, 0.15) is 11.6 Å². The third-order valence-electron chi connectivity index (χ3n) is 4.23. The average molecular weight is 313 g/mol. The van der Waals surface area contributed by atoms with Gasteiger partial charge in [-0.3, -0.25) is 14.9 Å². The maximum atomic E-state index is 12.3. The second kappa shape index (κ2) is 7.54. The van der Waals surface area contributed by atoms with E-state index in [1.165, 1.54) is 18.2 Å². The largest absolute Gasteiger partial charge is 0.348 e. The van der Waals surface area contributed by atoms with Gasteiger partial charge in [-0.1, -0.05) is 31.9 Å². The van der Waals surface area contributed by atoms with Gasteiger partial charge in [-0.25, -0.2) is 0 Å². The molecule has 6 nitrogen and oxygen atoms in total. The second-order valence-corrected chi connectivity index (χ2v) is 5.83. The SMILES string of the molecule is C[C@H]1CCCC[C@H]1NC(=O)/C(C#N)=C/c1ccccc1[N+](=O)[O-]. The molecule has 0 aliphatic heterocycles. The first-order valence-corrected chi connectivity index (χ1v) is 7.69. The molecule has 1 amide bonds. The molecule has 0 spiro atoms. The molecule has 120 valence electrons. The molecule has 6 heteroatoms. The van der Waals surface area contributed by atoms with Gasteiger partial charge in [-0.15, -0.1) is 0 Å². The number of rotatable bonds is 4. The molecule has 0 bridgehead atoms. The Bertz CT molecular complexity index is 676. The molecule has 0 heterocycles. The van der Waals surface area contributed by atoms with E-state index in [2.05, 4.69) is 12.2 Å². The first-order valence-electron chi connectivity index (χ1n) is 7.69. The maximum absolute atomic E-state index is 12.3. The van der Waals surface area contributed by atoms with Crippen LogP contribution in [0.15, 0.2) is 29.8 Å². The highest BCUT2D eigenvalue weighted by Gasteiger charge is 2.24. The second-order valence-electron chi connectivity index (χ2n) is 5.83. The highest BCUT2D eigenvalue weighted by Crippen LogP contribution is 2.24. The van der Waals surface area contributed by atoms with Crippen LogP contribution >= 0.6 is 0 Å². The summed E-state index contributed by atoms with van der Waals surface area (Å²) in [5.74, 6) is -0.0943. The van der Waals surface area contributed by atoms with Crippen LogP contribution in [0, 0.1) is 27.4 Å². The van der Waals surface area contributed by atoms with Crippen molar-refractivity contribution in [1.82, 2.24) is 5.32 Å². The smallest absolute Gasteiger partial charge is 0.276 e. The van der Waals surface area contributed by atoms with Crippen LogP contribution in [0.1, 0.15) is 38.2 Å². The fourth-order valence-corrected chi connectivity index (χ4v) is 2.86. The van der Waals surface area contributed by atoms with Gasteiger partial charge in [-0.2, -0.15) is 5.26 Å². The zero-order chi connectivity index (χ0) is 16.8. The Morgan fingerprint density at radius 1 is 1.39 bits per heavy atom.